The Morgan fingerprint density at radius 3 is 2.79 bits per heavy atom. The highest BCUT2D eigenvalue weighted by atomic mass is 79.9. The third kappa shape index (κ3) is 1.82. The van der Waals surface area contributed by atoms with Gasteiger partial charge in [-0.05, 0) is 46.0 Å². The number of halogens is 2. The van der Waals surface area contributed by atoms with E-state index in [0.717, 1.165) is 20.6 Å². The molecular weight excluding hydrogens is 284 g/mol. The van der Waals surface area contributed by atoms with Crippen molar-refractivity contribution in [3.05, 3.63) is 32.6 Å². The Morgan fingerprint density at radius 2 is 2.21 bits per heavy atom. The minimum Gasteiger partial charge on any atom is -0.137 e. The van der Waals surface area contributed by atoms with Crippen LogP contribution in [0.1, 0.15) is 5.56 Å². The standard InChI is InChI=1S/C9H6BrClN2S/c1-5-2-3-6(7(11)4-5)8-9(10)14-13-12-8/h2-4H,1H3. The fourth-order valence-electron chi connectivity index (χ4n) is 1.15. The zero-order chi connectivity index (χ0) is 10.1. The summed E-state index contributed by atoms with van der Waals surface area (Å²) in [6.45, 7) is 2.00. The van der Waals surface area contributed by atoms with Gasteiger partial charge in [-0.1, -0.05) is 28.2 Å². The molecule has 0 unspecified atom stereocenters. The Bertz CT molecular complexity index is 470. The molecule has 2 rings (SSSR count). The molecule has 2 nitrogen and oxygen atoms in total. The third-order valence-corrected chi connectivity index (χ3v) is 3.47. The number of hydrogen-bond donors (Lipinski definition) is 0. The molecule has 14 heavy (non-hydrogen) atoms. The van der Waals surface area contributed by atoms with Crippen LogP contribution in [0, 0.1) is 6.92 Å². The molecule has 0 aliphatic rings. The summed E-state index contributed by atoms with van der Waals surface area (Å²) >= 11 is 10.8. The quantitative estimate of drug-likeness (QED) is 0.795. The summed E-state index contributed by atoms with van der Waals surface area (Å²) in [6, 6.07) is 5.88. The maximum atomic E-state index is 6.11. The van der Waals surface area contributed by atoms with E-state index in [1.807, 2.05) is 25.1 Å². The van der Waals surface area contributed by atoms with Gasteiger partial charge in [0.1, 0.15) is 9.48 Å². The molecule has 0 saturated heterocycles. The summed E-state index contributed by atoms with van der Waals surface area (Å²) in [5.74, 6) is 0. The lowest BCUT2D eigenvalue weighted by Gasteiger charge is -2.01. The molecule has 0 N–H and O–H groups in total. The number of aryl methyl sites for hydroxylation is 1. The summed E-state index contributed by atoms with van der Waals surface area (Å²) < 4.78 is 4.75. The molecule has 1 heterocycles. The first-order chi connectivity index (χ1) is 6.68. The molecular formula is C9H6BrClN2S. The molecule has 5 heteroatoms. The van der Waals surface area contributed by atoms with Gasteiger partial charge in [0.25, 0.3) is 0 Å². The molecule has 0 amide bonds. The number of hydrogen-bond acceptors (Lipinski definition) is 3. The second kappa shape index (κ2) is 3.96. The fraction of sp³-hybridized carbons (Fsp3) is 0.111. The van der Waals surface area contributed by atoms with Crippen molar-refractivity contribution in [2.24, 2.45) is 0 Å². The summed E-state index contributed by atoms with van der Waals surface area (Å²) in [5, 5.41) is 4.72. The van der Waals surface area contributed by atoms with Gasteiger partial charge in [-0.3, -0.25) is 0 Å². The summed E-state index contributed by atoms with van der Waals surface area (Å²) in [5.41, 5.74) is 2.86. The van der Waals surface area contributed by atoms with E-state index in [1.54, 1.807) is 0 Å². The van der Waals surface area contributed by atoms with E-state index >= 15 is 0 Å². The van der Waals surface area contributed by atoms with E-state index in [1.165, 1.54) is 11.5 Å². The maximum Gasteiger partial charge on any atom is 0.121 e. The van der Waals surface area contributed by atoms with Crippen molar-refractivity contribution in [2.45, 2.75) is 6.92 Å². The van der Waals surface area contributed by atoms with Crippen LogP contribution in [-0.2, 0) is 0 Å². The van der Waals surface area contributed by atoms with Crippen molar-refractivity contribution in [3.63, 3.8) is 0 Å². The van der Waals surface area contributed by atoms with Gasteiger partial charge >= 0.3 is 0 Å². The highest BCUT2D eigenvalue weighted by Crippen LogP contribution is 2.33. The van der Waals surface area contributed by atoms with E-state index in [4.69, 9.17) is 11.6 Å². The fourth-order valence-corrected chi connectivity index (χ4v) is 2.39. The number of rotatable bonds is 1. The highest BCUT2D eigenvalue weighted by molar-refractivity contribution is 9.11. The van der Waals surface area contributed by atoms with Crippen molar-refractivity contribution in [3.8, 4) is 11.3 Å². The topological polar surface area (TPSA) is 25.8 Å². The molecule has 0 atom stereocenters. The van der Waals surface area contributed by atoms with Gasteiger partial charge in [0.2, 0.25) is 0 Å². The second-order valence-electron chi connectivity index (χ2n) is 2.88. The lowest BCUT2D eigenvalue weighted by molar-refractivity contribution is 1.16. The zero-order valence-electron chi connectivity index (χ0n) is 7.29. The smallest absolute Gasteiger partial charge is 0.121 e. The number of aromatic nitrogens is 2. The summed E-state index contributed by atoms with van der Waals surface area (Å²) in [7, 11) is 0. The summed E-state index contributed by atoms with van der Waals surface area (Å²) in [4.78, 5) is 0. The van der Waals surface area contributed by atoms with Crippen molar-refractivity contribution >= 4 is 39.1 Å². The SMILES string of the molecule is Cc1ccc(-c2nnsc2Br)c(Cl)c1. The van der Waals surface area contributed by atoms with Crippen LogP contribution >= 0.6 is 39.1 Å². The minimum atomic E-state index is 0.707. The molecule has 72 valence electrons. The lowest BCUT2D eigenvalue weighted by Crippen LogP contribution is -1.82. The monoisotopic (exact) mass is 288 g/mol. The Balaban J connectivity index is 2.58. The van der Waals surface area contributed by atoms with Gasteiger partial charge in [0, 0.05) is 5.56 Å². The van der Waals surface area contributed by atoms with E-state index < -0.39 is 0 Å². The van der Waals surface area contributed by atoms with E-state index in [-0.39, 0.29) is 0 Å². The van der Waals surface area contributed by atoms with Crippen LogP contribution in [0.3, 0.4) is 0 Å². The third-order valence-electron chi connectivity index (χ3n) is 1.83. The average Bonchev–Trinajstić information content (AvgIpc) is 2.52. The van der Waals surface area contributed by atoms with Crippen LogP contribution in [-0.4, -0.2) is 9.59 Å². The van der Waals surface area contributed by atoms with Crippen LogP contribution < -0.4 is 0 Å². The number of nitrogens with zero attached hydrogens (tertiary/aromatic N) is 2. The summed E-state index contributed by atoms with van der Waals surface area (Å²) in [6.07, 6.45) is 0. The van der Waals surface area contributed by atoms with Crippen LogP contribution in [0.25, 0.3) is 11.3 Å². The van der Waals surface area contributed by atoms with Gasteiger partial charge in [0.15, 0.2) is 0 Å². The first-order valence-electron chi connectivity index (χ1n) is 3.93. The first kappa shape index (κ1) is 10.1. The molecule has 1 aromatic heterocycles. The molecule has 0 aliphatic heterocycles. The van der Waals surface area contributed by atoms with E-state index in [0.29, 0.717) is 5.02 Å². The normalized spacial score (nSPS) is 10.5. The second-order valence-corrected chi connectivity index (χ2v) is 5.36. The Morgan fingerprint density at radius 1 is 1.43 bits per heavy atom. The van der Waals surface area contributed by atoms with Gasteiger partial charge < -0.3 is 0 Å². The molecule has 0 saturated carbocycles. The molecule has 0 fully saturated rings. The lowest BCUT2D eigenvalue weighted by atomic mass is 10.1. The molecule has 0 bridgehead atoms. The molecule has 0 spiro atoms. The Labute approximate surface area is 99.2 Å². The highest BCUT2D eigenvalue weighted by Gasteiger charge is 2.10. The van der Waals surface area contributed by atoms with E-state index in [9.17, 15) is 0 Å². The van der Waals surface area contributed by atoms with Gasteiger partial charge in [-0.15, -0.1) is 5.10 Å². The number of benzene rings is 1. The average molecular weight is 290 g/mol. The molecule has 1 aromatic carbocycles. The van der Waals surface area contributed by atoms with Crippen LogP contribution in [0.5, 0.6) is 0 Å². The first-order valence-corrected chi connectivity index (χ1v) is 5.87. The van der Waals surface area contributed by atoms with Crippen LogP contribution in [0.2, 0.25) is 5.02 Å². The minimum absolute atomic E-state index is 0.707. The van der Waals surface area contributed by atoms with Crippen LogP contribution in [0.15, 0.2) is 22.0 Å². The van der Waals surface area contributed by atoms with Crippen molar-refractivity contribution < 1.29 is 0 Å². The predicted molar refractivity (Wildman–Crippen MR) is 62.8 cm³/mol. The Hall–Kier alpha value is -0.450. The van der Waals surface area contributed by atoms with Crippen LogP contribution in [0.4, 0.5) is 0 Å². The molecule has 2 aromatic rings. The molecule has 0 radical (unpaired) electrons. The Kier molecular flexibility index (Phi) is 2.85. The zero-order valence-corrected chi connectivity index (χ0v) is 10.4. The van der Waals surface area contributed by atoms with Crippen molar-refractivity contribution in [2.75, 3.05) is 0 Å². The largest absolute Gasteiger partial charge is 0.137 e. The maximum absolute atomic E-state index is 6.11. The van der Waals surface area contributed by atoms with E-state index in [2.05, 4.69) is 25.5 Å². The van der Waals surface area contributed by atoms with Gasteiger partial charge in [-0.25, -0.2) is 0 Å². The van der Waals surface area contributed by atoms with Gasteiger partial charge in [0.05, 0.1) is 5.02 Å². The van der Waals surface area contributed by atoms with Crippen molar-refractivity contribution in [1.29, 1.82) is 0 Å². The van der Waals surface area contributed by atoms with Crippen molar-refractivity contribution in [1.82, 2.24) is 9.59 Å². The molecule has 0 aliphatic carbocycles. The predicted octanol–water partition coefficient (Wildman–Crippen LogP) is 3.93. The van der Waals surface area contributed by atoms with Gasteiger partial charge in [-0.2, -0.15) is 0 Å².